The van der Waals surface area contributed by atoms with E-state index in [9.17, 15) is 0 Å². The average molecular weight is 515 g/mol. The van der Waals surface area contributed by atoms with E-state index in [2.05, 4.69) is 81.8 Å². The normalized spacial score (nSPS) is 18.2. The maximum Gasteiger partial charge on any atom is 0.167 e. The van der Waals surface area contributed by atoms with Crippen LogP contribution < -0.4 is 5.43 Å². The molecule has 1 unspecified atom stereocenters. The van der Waals surface area contributed by atoms with Gasteiger partial charge in [0.25, 0.3) is 0 Å². The molecule has 1 N–H and O–H groups in total. The van der Waals surface area contributed by atoms with E-state index < -0.39 is 0 Å². The molecule has 1 atom stereocenters. The Labute approximate surface area is 222 Å². The topological polar surface area (TPSA) is 69.8 Å². The first-order chi connectivity index (χ1) is 18.1. The summed E-state index contributed by atoms with van der Waals surface area (Å²) in [6.07, 6.45) is 4.23. The van der Waals surface area contributed by atoms with E-state index in [4.69, 9.17) is 9.62 Å². The Bertz CT molecular complexity index is 1460. The van der Waals surface area contributed by atoms with Gasteiger partial charge in [-0.15, -0.1) is 11.8 Å². The monoisotopic (exact) mass is 514 g/mol. The Kier molecular flexibility index (Phi) is 6.78. The Hall–Kier alpha value is -3.10. The fraction of sp³-hybridized carbons (Fsp3) is 0.414. The number of pyridine rings is 1. The zero-order chi connectivity index (χ0) is 25.4. The van der Waals surface area contributed by atoms with Crippen LogP contribution in [0.4, 0.5) is 0 Å². The first kappa shape index (κ1) is 24.2. The minimum atomic E-state index is 0.147. The molecule has 0 amide bonds. The zero-order valence-electron chi connectivity index (χ0n) is 21.8. The van der Waals surface area contributed by atoms with Crippen molar-refractivity contribution < 1.29 is 4.52 Å². The highest BCUT2D eigenvalue weighted by molar-refractivity contribution is 7.99. The minimum absolute atomic E-state index is 0.147. The minimum Gasteiger partial charge on any atom is -0.356 e. The smallest absolute Gasteiger partial charge is 0.167 e. The molecule has 192 valence electrons. The lowest BCUT2D eigenvalue weighted by Gasteiger charge is -2.23. The van der Waals surface area contributed by atoms with E-state index in [0.29, 0.717) is 0 Å². The summed E-state index contributed by atoms with van der Waals surface area (Å²) in [5.41, 5.74) is 11.5. The summed E-state index contributed by atoms with van der Waals surface area (Å²) >= 11 is 1.92. The Morgan fingerprint density at radius 1 is 1.08 bits per heavy atom. The summed E-state index contributed by atoms with van der Waals surface area (Å²) in [7, 11) is 2.12. The lowest BCUT2D eigenvalue weighted by Crippen LogP contribution is -2.35. The van der Waals surface area contributed by atoms with Crippen LogP contribution in [0.2, 0.25) is 0 Å². The van der Waals surface area contributed by atoms with Gasteiger partial charge >= 0.3 is 0 Å². The van der Waals surface area contributed by atoms with E-state index >= 15 is 0 Å². The molecule has 7 nitrogen and oxygen atoms in total. The molecule has 4 heterocycles. The van der Waals surface area contributed by atoms with Gasteiger partial charge in [-0.2, -0.15) is 5.10 Å². The van der Waals surface area contributed by atoms with Crippen molar-refractivity contribution in [2.24, 2.45) is 5.10 Å². The number of nitrogens with zero attached hydrogens (tertiary/aromatic N) is 5. The van der Waals surface area contributed by atoms with Crippen molar-refractivity contribution in [3.63, 3.8) is 0 Å². The molecule has 2 aliphatic heterocycles. The summed E-state index contributed by atoms with van der Waals surface area (Å²) in [5.74, 6) is 2.06. The fourth-order valence-electron chi connectivity index (χ4n) is 5.46. The summed E-state index contributed by atoms with van der Waals surface area (Å²) in [6.45, 7) is 7.50. The zero-order valence-corrected chi connectivity index (χ0v) is 22.6. The second kappa shape index (κ2) is 10.3. The van der Waals surface area contributed by atoms with Gasteiger partial charge in [0.1, 0.15) is 0 Å². The number of aryl methyl sites for hydroxylation is 2. The number of aromatic nitrogens is 2. The van der Waals surface area contributed by atoms with Gasteiger partial charge in [0, 0.05) is 42.2 Å². The number of nitrogens with one attached hydrogen (secondary N) is 1. The summed E-state index contributed by atoms with van der Waals surface area (Å²) < 4.78 is 5.58. The molecule has 6 rings (SSSR count). The van der Waals surface area contributed by atoms with Crippen LogP contribution in [0.15, 0.2) is 52.1 Å². The van der Waals surface area contributed by atoms with Gasteiger partial charge in [-0.25, -0.2) is 0 Å². The fourth-order valence-corrected chi connectivity index (χ4v) is 6.43. The molecule has 0 saturated carbocycles. The van der Waals surface area contributed by atoms with E-state index in [1.807, 2.05) is 18.7 Å². The molecule has 0 fully saturated rings. The molecule has 0 aliphatic carbocycles. The number of rotatable bonds is 7. The second-order valence-electron chi connectivity index (χ2n) is 10.0. The Morgan fingerprint density at radius 3 is 2.76 bits per heavy atom. The van der Waals surface area contributed by atoms with Crippen molar-refractivity contribution in [1.29, 1.82) is 0 Å². The highest BCUT2D eigenvalue weighted by atomic mass is 32.2. The van der Waals surface area contributed by atoms with Crippen LogP contribution in [0.1, 0.15) is 41.4 Å². The predicted octanol–water partition coefficient (Wildman–Crippen LogP) is 4.95. The van der Waals surface area contributed by atoms with Gasteiger partial charge in [0.05, 0.1) is 11.2 Å². The largest absolute Gasteiger partial charge is 0.356 e. The predicted molar refractivity (Wildman–Crippen MR) is 152 cm³/mol. The summed E-state index contributed by atoms with van der Waals surface area (Å²) in [5, 5.41) is 11.3. The van der Waals surface area contributed by atoms with E-state index in [1.54, 1.807) is 0 Å². The van der Waals surface area contributed by atoms with Crippen LogP contribution in [0.25, 0.3) is 21.9 Å². The van der Waals surface area contributed by atoms with Crippen molar-refractivity contribution in [3.05, 3.63) is 70.5 Å². The van der Waals surface area contributed by atoms with Gasteiger partial charge < -0.3 is 14.3 Å². The molecular weight excluding hydrogens is 480 g/mol. The van der Waals surface area contributed by atoms with Crippen LogP contribution in [-0.2, 0) is 19.3 Å². The lowest BCUT2D eigenvalue weighted by molar-refractivity contribution is 0.289. The summed E-state index contributed by atoms with van der Waals surface area (Å²) in [4.78, 5) is 9.54. The third kappa shape index (κ3) is 4.80. The molecule has 0 bridgehead atoms. The number of amidine groups is 1. The van der Waals surface area contributed by atoms with Gasteiger partial charge in [-0.05, 0) is 80.3 Å². The number of hydrogen-bond acceptors (Lipinski definition) is 8. The van der Waals surface area contributed by atoms with E-state index in [0.717, 1.165) is 90.3 Å². The average Bonchev–Trinajstić information content (AvgIpc) is 3.41. The number of fused-ring (bicyclic) bond motifs is 3. The van der Waals surface area contributed by atoms with Crippen LogP contribution in [0.3, 0.4) is 0 Å². The molecule has 2 aromatic heterocycles. The van der Waals surface area contributed by atoms with Crippen LogP contribution in [0.5, 0.6) is 0 Å². The number of hydrogen-bond donors (Lipinski definition) is 1. The highest BCUT2D eigenvalue weighted by Crippen LogP contribution is 2.27. The number of benzene rings is 2. The second-order valence-corrected chi connectivity index (χ2v) is 11.2. The molecule has 37 heavy (non-hydrogen) atoms. The first-order valence-electron chi connectivity index (χ1n) is 13.3. The van der Waals surface area contributed by atoms with Gasteiger partial charge in [-0.3, -0.25) is 10.4 Å². The molecule has 2 aliphatic rings. The molecular formula is C29H34N6OS. The van der Waals surface area contributed by atoms with Crippen molar-refractivity contribution in [2.45, 2.75) is 45.0 Å². The lowest BCUT2D eigenvalue weighted by atomic mass is 10.00. The third-order valence-corrected chi connectivity index (χ3v) is 8.83. The molecule has 0 spiro atoms. The Balaban J connectivity index is 1.01. The number of thioether (sulfide) groups is 1. The third-order valence-electron chi connectivity index (χ3n) is 7.57. The van der Waals surface area contributed by atoms with Crippen molar-refractivity contribution in [2.75, 3.05) is 32.4 Å². The molecule has 0 saturated heterocycles. The van der Waals surface area contributed by atoms with Crippen LogP contribution in [0, 0.1) is 6.92 Å². The van der Waals surface area contributed by atoms with Crippen molar-refractivity contribution >= 4 is 39.5 Å². The van der Waals surface area contributed by atoms with Gasteiger partial charge in [0.15, 0.2) is 16.9 Å². The van der Waals surface area contributed by atoms with E-state index in [-0.39, 0.29) is 5.50 Å². The SMILES string of the molecule is CCc1noc2cc3c(cc12)CCN(CCCSC1NN=C(c2cccc4nc(C)ccc24)N1C)CC3. The van der Waals surface area contributed by atoms with Crippen LogP contribution >= 0.6 is 11.8 Å². The van der Waals surface area contributed by atoms with Crippen LogP contribution in [-0.4, -0.2) is 63.7 Å². The molecule has 4 aromatic rings. The number of hydrazone groups is 1. The van der Waals surface area contributed by atoms with Gasteiger partial charge in [-0.1, -0.05) is 30.3 Å². The van der Waals surface area contributed by atoms with Crippen molar-refractivity contribution in [1.82, 2.24) is 25.4 Å². The maximum atomic E-state index is 5.58. The maximum absolute atomic E-state index is 5.58. The standard InChI is InChI=1S/C29H34N6OS/c1-4-25-24-17-20-11-14-35(15-12-21(20)18-27(24)36-33-25)13-6-16-37-29-32-31-28(34(29)3)23-7-5-8-26-22(23)10-9-19(2)30-26/h5,7-10,17-18,29,32H,4,6,11-16H2,1-3H3. The highest BCUT2D eigenvalue weighted by Gasteiger charge is 2.26. The first-order valence-corrected chi connectivity index (χ1v) is 14.3. The van der Waals surface area contributed by atoms with Gasteiger partial charge in [0.2, 0.25) is 0 Å². The molecule has 8 heteroatoms. The molecule has 2 aromatic carbocycles. The molecule has 0 radical (unpaired) electrons. The summed E-state index contributed by atoms with van der Waals surface area (Å²) in [6, 6.07) is 15.0. The van der Waals surface area contributed by atoms with E-state index in [1.165, 1.54) is 16.5 Å². The quantitative estimate of drug-likeness (QED) is 0.350. The Morgan fingerprint density at radius 2 is 1.92 bits per heavy atom. The van der Waals surface area contributed by atoms with Crippen molar-refractivity contribution in [3.8, 4) is 0 Å².